The second kappa shape index (κ2) is 5.48. The van der Waals surface area contributed by atoms with E-state index >= 15 is 0 Å². The van der Waals surface area contributed by atoms with E-state index in [2.05, 4.69) is 20.9 Å². The number of ether oxygens (including phenoxy) is 1. The highest BCUT2D eigenvalue weighted by molar-refractivity contribution is 5.84. The number of methoxy groups -OCH3 is 1. The number of nitrogens with zero attached hydrogens (tertiary/aromatic N) is 3. The molecule has 0 radical (unpaired) electrons. The lowest BCUT2D eigenvalue weighted by molar-refractivity contribution is -0.134. The molecular weight excluding hydrogens is 242 g/mol. The molecule has 98 valence electrons. The SMILES string of the molecule is COC(=O)/C=C\n1cnc(-c2cc(C)cc(C)c2)n1. The van der Waals surface area contributed by atoms with E-state index < -0.39 is 5.97 Å². The van der Waals surface area contributed by atoms with E-state index in [1.807, 2.05) is 26.0 Å². The molecule has 5 heteroatoms. The fourth-order valence-electron chi connectivity index (χ4n) is 1.79. The van der Waals surface area contributed by atoms with Crippen LogP contribution >= 0.6 is 0 Å². The molecule has 0 N–H and O–H groups in total. The minimum atomic E-state index is -0.427. The van der Waals surface area contributed by atoms with E-state index in [0.717, 1.165) is 16.7 Å². The second-order valence-corrected chi connectivity index (χ2v) is 4.26. The molecule has 0 fully saturated rings. The first kappa shape index (κ1) is 13.0. The van der Waals surface area contributed by atoms with Crippen LogP contribution in [0.1, 0.15) is 11.1 Å². The van der Waals surface area contributed by atoms with Gasteiger partial charge in [0, 0.05) is 17.8 Å². The first-order valence-electron chi connectivity index (χ1n) is 5.84. The van der Waals surface area contributed by atoms with Gasteiger partial charge in [-0.25, -0.2) is 14.5 Å². The first-order valence-corrected chi connectivity index (χ1v) is 5.84. The number of carbonyl (C=O) groups is 1. The summed E-state index contributed by atoms with van der Waals surface area (Å²) >= 11 is 0. The van der Waals surface area contributed by atoms with Gasteiger partial charge in [0.15, 0.2) is 5.82 Å². The third-order valence-electron chi connectivity index (χ3n) is 2.55. The number of hydrogen-bond donors (Lipinski definition) is 0. The number of aryl methyl sites for hydroxylation is 2. The fraction of sp³-hybridized carbons (Fsp3) is 0.214. The van der Waals surface area contributed by atoms with E-state index in [-0.39, 0.29) is 0 Å². The zero-order valence-corrected chi connectivity index (χ0v) is 11.1. The van der Waals surface area contributed by atoms with Gasteiger partial charge < -0.3 is 4.74 Å². The third-order valence-corrected chi connectivity index (χ3v) is 2.55. The zero-order valence-electron chi connectivity index (χ0n) is 11.1. The summed E-state index contributed by atoms with van der Waals surface area (Å²) in [6.07, 6.45) is 4.34. The number of aromatic nitrogens is 3. The van der Waals surface area contributed by atoms with Gasteiger partial charge in [-0.05, 0) is 26.0 Å². The van der Waals surface area contributed by atoms with Gasteiger partial charge in [-0.2, -0.15) is 0 Å². The van der Waals surface area contributed by atoms with Crippen molar-refractivity contribution in [1.82, 2.24) is 14.8 Å². The van der Waals surface area contributed by atoms with Crippen LogP contribution in [0.15, 0.2) is 30.6 Å². The molecule has 2 rings (SSSR count). The molecule has 0 bridgehead atoms. The van der Waals surface area contributed by atoms with Gasteiger partial charge >= 0.3 is 5.97 Å². The average Bonchev–Trinajstić information content (AvgIpc) is 2.83. The molecule has 0 atom stereocenters. The molecular formula is C14H15N3O2. The maximum atomic E-state index is 11.0. The van der Waals surface area contributed by atoms with Gasteiger partial charge in [-0.1, -0.05) is 17.2 Å². The summed E-state index contributed by atoms with van der Waals surface area (Å²) in [5.41, 5.74) is 3.29. The maximum Gasteiger partial charge on any atom is 0.332 e. The quantitative estimate of drug-likeness (QED) is 0.625. The Bertz CT molecular complexity index is 609. The topological polar surface area (TPSA) is 57.0 Å². The summed E-state index contributed by atoms with van der Waals surface area (Å²) in [5.74, 6) is 0.199. The molecule has 1 aromatic carbocycles. The van der Waals surface area contributed by atoms with Crippen molar-refractivity contribution in [3.8, 4) is 11.4 Å². The van der Waals surface area contributed by atoms with Gasteiger partial charge in [0.05, 0.1) is 7.11 Å². The van der Waals surface area contributed by atoms with Crippen molar-refractivity contribution in [1.29, 1.82) is 0 Å². The smallest absolute Gasteiger partial charge is 0.332 e. The van der Waals surface area contributed by atoms with Crippen LogP contribution in [0.2, 0.25) is 0 Å². The number of esters is 1. The maximum absolute atomic E-state index is 11.0. The van der Waals surface area contributed by atoms with Crippen molar-refractivity contribution in [2.75, 3.05) is 7.11 Å². The summed E-state index contributed by atoms with van der Waals surface area (Å²) in [6, 6.07) is 6.14. The molecule has 19 heavy (non-hydrogen) atoms. The van der Waals surface area contributed by atoms with Crippen LogP contribution in [-0.4, -0.2) is 27.8 Å². The molecule has 0 aliphatic heterocycles. The molecule has 0 amide bonds. The molecule has 0 spiro atoms. The van der Waals surface area contributed by atoms with E-state index in [1.165, 1.54) is 24.1 Å². The van der Waals surface area contributed by atoms with Crippen LogP contribution in [0.25, 0.3) is 17.6 Å². The van der Waals surface area contributed by atoms with Crippen LogP contribution in [0.5, 0.6) is 0 Å². The summed E-state index contributed by atoms with van der Waals surface area (Å²) in [7, 11) is 1.33. The van der Waals surface area contributed by atoms with Gasteiger partial charge in [0.1, 0.15) is 6.33 Å². The van der Waals surface area contributed by atoms with E-state index in [0.29, 0.717) is 5.82 Å². The highest BCUT2D eigenvalue weighted by atomic mass is 16.5. The predicted octanol–water partition coefficient (Wildman–Crippen LogP) is 2.21. The number of benzene rings is 1. The molecule has 1 aromatic heterocycles. The lowest BCUT2D eigenvalue weighted by atomic mass is 10.1. The second-order valence-electron chi connectivity index (χ2n) is 4.26. The predicted molar refractivity (Wildman–Crippen MR) is 72.3 cm³/mol. The van der Waals surface area contributed by atoms with Crippen molar-refractivity contribution in [3.05, 3.63) is 41.7 Å². The molecule has 5 nitrogen and oxygen atoms in total. The lowest BCUT2D eigenvalue weighted by Crippen LogP contribution is -1.96. The minimum absolute atomic E-state index is 0.427. The Labute approximate surface area is 111 Å². The summed E-state index contributed by atoms with van der Waals surface area (Å²) in [6.45, 7) is 4.06. The van der Waals surface area contributed by atoms with E-state index in [4.69, 9.17) is 0 Å². The highest BCUT2D eigenvalue weighted by Gasteiger charge is 2.04. The van der Waals surface area contributed by atoms with Crippen molar-refractivity contribution < 1.29 is 9.53 Å². The Hall–Kier alpha value is -2.43. The van der Waals surface area contributed by atoms with Crippen LogP contribution in [0.3, 0.4) is 0 Å². The monoisotopic (exact) mass is 257 g/mol. The molecule has 0 aliphatic rings. The summed E-state index contributed by atoms with van der Waals surface area (Å²) in [4.78, 5) is 15.2. The van der Waals surface area contributed by atoms with Crippen LogP contribution in [0, 0.1) is 13.8 Å². The average molecular weight is 257 g/mol. The minimum Gasteiger partial charge on any atom is -0.466 e. The van der Waals surface area contributed by atoms with Crippen molar-refractivity contribution in [3.63, 3.8) is 0 Å². The van der Waals surface area contributed by atoms with E-state index in [9.17, 15) is 4.79 Å². The fourth-order valence-corrected chi connectivity index (χ4v) is 1.79. The Balaban J connectivity index is 2.25. The van der Waals surface area contributed by atoms with Crippen LogP contribution < -0.4 is 0 Å². The van der Waals surface area contributed by atoms with Gasteiger partial charge in [0.2, 0.25) is 0 Å². The first-order chi connectivity index (χ1) is 9.08. The zero-order chi connectivity index (χ0) is 13.8. The number of rotatable bonds is 3. The molecule has 0 saturated heterocycles. The Morgan fingerprint density at radius 3 is 2.58 bits per heavy atom. The van der Waals surface area contributed by atoms with Gasteiger partial charge in [-0.3, -0.25) is 0 Å². The summed E-state index contributed by atoms with van der Waals surface area (Å²) < 4.78 is 5.98. The van der Waals surface area contributed by atoms with E-state index in [1.54, 1.807) is 6.33 Å². The lowest BCUT2D eigenvalue weighted by Gasteiger charge is -2.00. The van der Waals surface area contributed by atoms with Gasteiger partial charge in [-0.15, -0.1) is 5.10 Å². The molecule has 2 aromatic rings. The highest BCUT2D eigenvalue weighted by Crippen LogP contribution is 2.18. The van der Waals surface area contributed by atoms with Gasteiger partial charge in [0.25, 0.3) is 0 Å². The molecule has 0 unspecified atom stereocenters. The Morgan fingerprint density at radius 2 is 1.95 bits per heavy atom. The van der Waals surface area contributed by atoms with Crippen LogP contribution in [-0.2, 0) is 9.53 Å². The summed E-state index contributed by atoms with van der Waals surface area (Å²) in [5, 5.41) is 4.28. The number of carbonyl (C=O) groups excluding carboxylic acids is 1. The number of hydrogen-bond acceptors (Lipinski definition) is 4. The Kier molecular flexibility index (Phi) is 3.75. The molecule has 0 aliphatic carbocycles. The third kappa shape index (κ3) is 3.28. The normalized spacial score (nSPS) is 10.9. The van der Waals surface area contributed by atoms with Crippen molar-refractivity contribution in [2.24, 2.45) is 0 Å². The molecule has 0 saturated carbocycles. The van der Waals surface area contributed by atoms with Crippen LogP contribution in [0.4, 0.5) is 0 Å². The molecule has 1 heterocycles. The standard InChI is InChI=1S/C14H15N3O2/c1-10-6-11(2)8-12(7-10)14-15-9-17(16-14)5-4-13(18)19-3/h4-9H,1-3H3/b5-4-. The Morgan fingerprint density at radius 1 is 1.26 bits per heavy atom. The van der Waals surface area contributed by atoms with Crippen molar-refractivity contribution in [2.45, 2.75) is 13.8 Å². The van der Waals surface area contributed by atoms with Crippen molar-refractivity contribution >= 4 is 12.2 Å². The largest absolute Gasteiger partial charge is 0.466 e.